The van der Waals surface area contributed by atoms with Gasteiger partial charge in [-0.05, 0) is 29.8 Å². The maximum absolute atomic E-state index is 12.3. The molecule has 3 aromatic rings. The molecule has 0 spiro atoms. The normalized spacial score (nSPS) is 12.0. The molecule has 0 saturated carbocycles. The number of amides is 1. The number of aromatic amines is 1. The minimum absolute atomic E-state index is 0.0506. The van der Waals surface area contributed by atoms with Crippen LogP contribution in [0.2, 0.25) is 5.02 Å². The fraction of sp³-hybridized carbons (Fsp3) is 0.176. The number of rotatable bonds is 6. The molecule has 2 N–H and O–H groups in total. The summed E-state index contributed by atoms with van der Waals surface area (Å²) in [6.45, 7) is 0.722. The van der Waals surface area contributed by atoms with Gasteiger partial charge in [0.05, 0.1) is 0 Å². The predicted molar refractivity (Wildman–Crippen MR) is 90.5 cm³/mol. The van der Waals surface area contributed by atoms with Crippen molar-refractivity contribution in [2.24, 2.45) is 0 Å². The third-order valence-corrected chi connectivity index (χ3v) is 3.88. The van der Waals surface area contributed by atoms with E-state index in [9.17, 15) is 4.79 Å². The number of nitrogens with zero attached hydrogens (tertiary/aromatic N) is 2. The molecular formula is C17H17ClN4O. The summed E-state index contributed by atoms with van der Waals surface area (Å²) in [5.41, 5.74) is 1.08. The van der Waals surface area contributed by atoms with Gasteiger partial charge in [0.25, 0.3) is 0 Å². The van der Waals surface area contributed by atoms with Crippen molar-refractivity contribution < 1.29 is 4.79 Å². The molecule has 0 fully saturated rings. The van der Waals surface area contributed by atoms with Crippen LogP contribution in [0, 0.1) is 0 Å². The van der Waals surface area contributed by atoms with Crippen LogP contribution >= 0.6 is 11.6 Å². The molecule has 1 aromatic carbocycles. The zero-order chi connectivity index (χ0) is 16.1. The largest absolute Gasteiger partial charge is 0.354 e. The first kappa shape index (κ1) is 15.4. The van der Waals surface area contributed by atoms with Crippen molar-refractivity contribution in [2.75, 3.05) is 5.32 Å². The van der Waals surface area contributed by atoms with Crippen molar-refractivity contribution in [1.29, 1.82) is 0 Å². The molecular weight excluding hydrogens is 312 g/mol. The standard InChI is InChI=1S/C17H17ClN4O/c18-15-5-3-13(4-6-15)14(12-22-9-1-2-10-22)11-16(23)21-17-19-7-8-20-17/h1-10,14H,11-12H2,(H2,19,20,21,23)/t14-/m1/s1. The van der Waals surface area contributed by atoms with Gasteiger partial charge >= 0.3 is 0 Å². The number of anilines is 1. The molecule has 0 saturated heterocycles. The second kappa shape index (κ2) is 7.15. The van der Waals surface area contributed by atoms with E-state index in [-0.39, 0.29) is 11.8 Å². The Kier molecular flexibility index (Phi) is 4.78. The Balaban J connectivity index is 1.74. The molecule has 0 radical (unpaired) electrons. The van der Waals surface area contributed by atoms with Gasteiger partial charge in [-0.3, -0.25) is 10.1 Å². The van der Waals surface area contributed by atoms with E-state index in [4.69, 9.17) is 11.6 Å². The van der Waals surface area contributed by atoms with Crippen LogP contribution in [0.5, 0.6) is 0 Å². The molecule has 6 heteroatoms. The second-order valence-electron chi connectivity index (χ2n) is 5.32. The Hall–Kier alpha value is -2.53. The topological polar surface area (TPSA) is 62.7 Å². The third kappa shape index (κ3) is 4.23. The van der Waals surface area contributed by atoms with Gasteiger partial charge in [-0.1, -0.05) is 23.7 Å². The van der Waals surface area contributed by atoms with Crippen LogP contribution in [0.25, 0.3) is 0 Å². The molecule has 0 unspecified atom stereocenters. The molecule has 0 aliphatic heterocycles. The first-order valence-corrected chi connectivity index (χ1v) is 7.74. The first-order valence-electron chi connectivity index (χ1n) is 7.36. The third-order valence-electron chi connectivity index (χ3n) is 3.63. The van der Waals surface area contributed by atoms with E-state index in [1.807, 2.05) is 48.8 Å². The summed E-state index contributed by atoms with van der Waals surface area (Å²) in [6, 6.07) is 11.6. The maximum Gasteiger partial charge on any atom is 0.227 e. The number of aromatic nitrogens is 3. The Labute approximate surface area is 139 Å². The Morgan fingerprint density at radius 1 is 1.26 bits per heavy atom. The molecule has 2 heterocycles. The monoisotopic (exact) mass is 328 g/mol. The van der Waals surface area contributed by atoms with E-state index in [1.54, 1.807) is 12.4 Å². The molecule has 0 aliphatic rings. The summed E-state index contributed by atoms with van der Waals surface area (Å²) < 4.78 is 2.07. The molecule has 0 bridgehead atoms. The van der Waals surface area contributed by atoms with Crippen molar-refractivity contribution in [3.05, 3.63) is 71.8 Å². The second-order valence-corrected chi connectivity index (χ2v) is 5.75. The van der Waals surface area contributed by atoms with Gasteiger partial charge in [0.15, 0.2) is 0 Å². The number of hydrogen-bond donors (Lipinski definition) is 2. The van der Waals surface area contributed by atoms with E-state index in [1.165, 1.54) is 0 Å². The van der Waals surface area contributed by atoms with Crippen LogP contribution in [0.3, 0.4) is 0 Å². The zero-order valence-corrected chi connectivity index (χ0v) is 13.2. The number of benzene rings is 1. The van der Waals surface area contributed by atoms with E-state index in [2.05, 4.69) is 19.9 Å². The summed E-state index contributed by atoms with van der Waals surface area (Å²) in [5.74, 6) is 0.438. The minimum Gasteiger partial charge on any atom is -0.354 e. The Morgan fingerprint density at radius 3 is 2.65 bits per heavy atom. The fourth-order valence-corrected chi connectivity index (χ4v) is 2.64. The van der Waals surface area contributed by atoms with Crippen LogP contribution in [-0.4, -0.2) is 20.4 Å². The van der Waals surface area contributed by atoms with Crippen molar-refractivity contribution >= 4 is 23.5 Å². The van der Waals surface area contributed by atoms with Gasteiger partial charge in [0.2, 0.25) is 11.9 Å². The maximum atomic E-state index is 12.3. The van der Waals surface area contributed by atoms with Crippen molar-refractivity contribution in [1.82, 2.24) is 14.5 Å². The number of imidazole rings is 1. The highest BCUT2D eigenvalue weighted by atomic mass is 35.5. The zero-order valence-electron chi connectivity index (χ0n) is 12.4. The fourth-order valence-electron chi connectivity index (χ4n) is 2.51. The van der Waals surface area contributed by atoms with E-state index >= 15 is 0 Å². The summed E-state index contributed by atoms with van der Waals surface area (Å²) in [4.78, 5) is 19.2. The number of H-pyrrole nitrogens is 1. The summed E-state index contributed by atoms with van der Waals surface area (Å²) >= 11 is 5.96. The first-order chi connectivity index (χ1) is 11.2. The highest BCUT2D eigenvalue weighted by Crippen LogP contribution is 2.24. The quantitative estimate of drug-likeness (QED) is 0.725. The van der Waals surface area contributed by atoms with E-state index in [0.717, 1.165) is 12.1 Å². The van der Waals surface area contributed by atoms with Crippen LogP contribution in [0.1, 0.15) is 17.9 Å². The molecule has 1 amide bonds. The van der Waals surface area contributed by atoms with Gasteiger partial charge in [-0.2, -0.15) is 0 Å². The lowest BCUT2D eigenvalue weighted by atomic mass is 9.95. The van der Waals surface area contributed by atoms with Crippen molar-refractivity contribution in [3.63, 3.8) is 0 Å². The van der Waals surface area contributed by atoms with Crippen LogP contribution in [0.15, 0.2) is 61.2 Å². The predicted octanol–water partition coefficient (Wildman–Crippen LogP) is 3.68. The van der Waals surface area contributed by atoms with Crippen LogP contribution in [-0.2, 0) is 11.3 Å². The average Bonchev–Trinajstić information content (AvgIpc) is 3.21. The SMILES string of the molecule is O=C(C[C@H](Cn1cccc1)c1ccc(Cl)cc1)Nc1ncc[nH]1. The number of carbonyl (C=O) groups is 1. The van der Waals surface area contributed by atoms with Gasteiger partial charge in [0.1, 0.15) is 0 Å². The number of halogens is 1. The van der Waals surface area contributed by atoms with Gasteiger partial charge in [-0.25, -0.2) is 4.98 Å². The lowest BCUT2D eigenvalue weighted by Gasteiger charge is -2.18. The van der Waals surface area contributed by atoms with E-state index in [0.29, 0.717) is 17.4 Å². The Bertz CT molecular complexity index is 736. The smallest absolute Gasteiger partial charge is 0.227 e. The summed E-state index contributed by atoms with van der Waals surface area (Å²) in [5, 5.41) is 3.46. The molecule has 118 valence electrons. The summed E-state index contributed by atoms with van der Waals surface area (Å²) in [6.07, 6.45) is 7.62. The van der Waals surface area contributed by atoms with E-state index < -0.39 is 0 Å². The highest BCUT2D eigenvalue weighted by Gasteiger charge is 2.17. The number of hydrogen-bond acceptors (Lipinski definition) is 2. The molecule has 1 atom stereocenters. The minimum atomic E-state index is -0.0768. The van der Waals surface area contributed by atoms with Crippen LogP contribution < -0.4 is 5.32 Å². The van der Waals surface area contributed by atoms with Crippen molar-refractivity contribution in [3.8, 4) is 0 Å². The average molecular weight is 329 g/mol. The summed E-state index contributed by atoms with van der Waals surface area (Å²) in [7, 11) is 0. The number of carbonyl (C=O) groups excluding carboxylic acids is 1. The number of nitrogens with one attached hydrogen (secondary N) is 2. The van der Waals surface area contributed by atoms with Gasteiger partial charge in [-0.15, -0.1) is 0 Å². The lowest BCUT2D eigenvalue weighted by Crippen LogP contribution is -2.19. The molecule has 23 heavy (non-hydrogen) atoms. The van der Waals surface area contributed by atoms with Gasteiger partial charge in [0, 0.05) is 48.7 Å². The van der Waals surface area contributed by atoms with Crippen LogP contribution in [0.4, 0.5) is 5.95 Å². The Morgan fingerprint density at radius 2 is 2.00 bits per heavy atom. The molecule has 0 aliphatic carbocycles. The van der Waals surface area contributed by atoms with Gasteiger partial charge < -0.3 is 9.55 Å². The lowest BCUT2D eigenvalue weighted by molar-refractivity contribution is -0.116. The highest BCUT2D eigenvalue weighted by molar-refractivity contribution is 6.30. The van der Waals surface area contributed by atoms with Crippen molar-refractivity contribution in [2.45, 2.75) is 18.9 Å². The molecule has 3 rings (SSSR count). The molecule has 5 nitrogen and oxygen atoms in total. The molecule has 2 aromatic heterocycles.